The Morgan fingerprint density at radius 3 is 1.60 bits per heavy atom. The maximum Gasteiger partial charge on any atom is 0.169 e. The van der Waals surface area contributed by atoms with Crippen LogP contribution in [0.25, 0.3) is 122 Å². The van der Waals surface area contributed by atoms with Gasteiger partial charge in [-0.3, -0.25) is 0 Å². The van der Waals surface area contributed by atoms with Gasteiger partial charge in [0.1, 0.15) is 17.2 Å². The summed E-state index contributed by atoms with van der Waals surface area (Å²) in [5, 5.41) is 17.7. The van der Waals surface area contributed by atoms with E-state index in [2.05, 4.69) is 137 Å². The highest BCUT2D eigenvalue weighted by Crippen LogP contribution is 2.49. The first kappa shape index (κ1) is 36.5. The second kappa shape index (κ2) is 14.5. The Balaban J connectivity index is 1.21. The molecule has 13 rings (SSSR count). The summed E-state index contributed by atoms with van der Waals surface area (Å²) >= 11 is 0. The van der Waals surface area contributed by atoms with Crippen molar-refractivity contribution in [3.8, 4) is 62.7 Å². The molecule has 13 aromatic rings. The van der Waals surface area contributed by atoms with Gasteiger partial charge in [0.2, 0.25) is 0 Å². The molecule has 7 nitrogen and oxygen atoms in total. The van der Waals surface area contributed by atoms with Crippen molar-refractivity contribution in [2.24, 2.45) is 0 Å². The smallest absolute Gasteiger partial charge is 0.169 e. The van der Waals surface area contributed by atoms with Gasteiger partial charge in [0.15, 0.2) is 17.5 Å². The van der Waals surface area contributed by atoms with Crippen molar-refractivity contribution in [1.82, 2.24) is 24.1 Å². The fourth-order valence-electron chi connectivity index (χ4n) is 9.82. The number of rotatable bonds is 6. The predicted molar refractivity (Wildman–Crippen MR) is 262 cm³/mol. The molecule has 7 heteroatoms. The molecule has 0 aliphatic carbocycles. The molecule has 0 bridgehead atoms. The Hall–Kier alpha value is -9.12. The second-order valence-electron chi connectivity index (χ2n) is 16.2. The fourth-order valence-corrected chi connectivity index (χ4v) is 9.82. The number of nitriles is 1. The molecule has 0 N–H and O–H groups in total. The third-order valence-corrected chi connectivity index (χ3v) is 12.6. The fraction of sp³-hybridized carbons (Fsp3) is 0. The Labute approximate surface area is 372 Å². The third kappa shape index (κ3) is 5.58. The molecular formula is C58H34N6O. The maximum atomic E-state index is 11.4. The number of benzene rings is 9. The molecule has 0 spiro atoms. The van der Waals surface area contributed by atoms with Crippen LogP contribution in [0.4, 0.5) is 0 Å². The van der Waals surface area contributed by atoms with Crippen molar-refractivity contribution < 1.29 is 4.42 Å². The van der Waals surface area contributed by atoms with Crippen molar-refractivity contribution >= 4 is 65.6 Å². The Kier molecular flexibility index (Phi) is 8.14. The molecule has 0 fully saturated rings. The minimum absolute atomic E-state index is 0.353. The lowest BCUT2D eigenvalue weighted by atomic mass is 9.97. The average molecular weight is 831 g/mol. The molecule has 0 saturated heterocycles. The minimum Gasteiger partial charge on any atom is -0.455 e. The largest absolute Gasteiger partial charge is 0.455 e. The summed E-state index contributed by atoms with van der Waals surface area (Å²) in [6.45, 7) is 0. The summed E-state index contributed by atoms with van der Waals surface area (Å²) in [4.78, 5) is 15.2. The molecule has 4 heterocycles. The van der Waals surface area contributed by atoms with Crippen LogP contribution in [0.5, 0.6) is 0 Å². The van der Waals surface area contributed by atoms with Crippen molar-refractivity contribution in [2.75, 3.05) is 0 Å². The van der Waals surface area contributed by atoms with Gasteiger partial charge < -0.3 is 13.6 Å². The normalized spacial score (nSPS) is 11.7. The van der Waals surface area contributed by atoms with Crippen LogP contribution >= 0.6 is 0 Å². The van der Waals surface area contributed by atoms with Crippen LogP contribution in [0.2, 0.25) is 0 Å². The van der Waals surface area contributed by atoms with Crippen LogP contribution in [0.15, 0.2) is 211 Å². The third-order valence-electron chi connectivity index (χ3n) is 12.6. The number of hydrogen-bond acceptors (Lipinski definition) is 5. The molecule has 0 amide bonds. The number of para-hydroxylation sites is 4. The summed E-state index contributed by atoms with van der Waals surface area (Å²) in [5.41, 5.74) is 12.1. The van der Waals surface area contributed by atoms with Crippen LogP contribution in [-0.4, -0.2) is 24.1 Å². The number of furan rings is 1. The van der Waals surface area contributed by atoms with Crippen LogP contribution in [0.3, 0.4) is 0 Å². The van der Waals surface area contributed by atoms with Gasteiger partial charge in [0, 0.05) is 49.3 Å². The minimum atomic E-state index is 0.353. The van der Waals surface area contributed by atoms with Crippen LogP contribution < -0.4 is 0 Å². The molecule has 4 aromatic heterocycles. The topological polar surface area (TPSA) is 85.5 Å². The first-order valence-corrected chi connectivity index (χ1v) is 21.6. The molecule has 0 aliphatic rings. The molecule has 0 aliphatic heterocycles. The summed E-state index contributed by atoms with van der Waals surface area (Å²) < 4.78 is 11.7. The highest BCUT2D eigenvalue weighted by atomic mass is 16.3. The molecule has 0 unspecified atom stereocenters. The van der Waals surface area contributed by atoms with E-state index >= 15 is 0 Å². The van der Waals surface area contributed by atoms with E-state index in [1.165, 1.54) is 5.39 Å². The predicted octanol–water partition coefficient (Wildman–Crippen LogP) is 14.5. The van der Waals surface area contributed by atoms with Gasteiger partial charge in [0.25, 0.3) is 0 Å². The van der Waals surface area contributed by atoms with Gasteiger partial charge in [-0.05, 0) is 48.0 Å². The number of nitrogens with zero attached hydrogens (tertiary/aromatic N) is 6. The Bertz CT molecular complexity index is 3990. The van der Waals surface area contributed by atoms with Gasteiger partial charge in [-0.15, -0.1) is 0 Å². The van der Waals surface area contributed by atoms with Crippen molar-refractivity contribution in [3.63, 3.8) is 0 Å². The average Bonchev–Trinajstić information content (AvgIpc) is 4.05. The SMILES string of the molecule is N#Cc1cc(-n2c3ccccc3c3c2c(-c2ccccc2)cc2c4ccccc4n(-c4ccccc4)c23)c2c(oc3ccccc32)c1-c1nc(-c2ccccc2)nc(-c2ccccc2)n1. The van der Waals surface area contributed by atoms with Crippen LogP contribution in [-0.2, 0) is 0 Å². The van der Waals surface area contributed by atoms with E-state index in [0.717, 1.165) is 82.6 Å². The lowest BCUT2D eigenvalue weighted by Gasteiger charge is -2.16. The Morgan fingerprint density at radius 1 is 0.431 bits per heavy atom. The number of aromatic nitrogens is 5. The monoisotopic (exact) mass is 830 g/mol. The first-order valence-electron chi connectivity index (χ1n) is 21.6. The van der Waals surface area contributed by atoms with E-state index in [1.54, 1.807) is 0 Å². The van der Waals surface area contributed by atoms with Crippen molar-refractivity contribution in [2.45, 2.75) is 0 Å². The molecule has 65 heavy (non-hydrogen) atoms. The highest BCUT2D eigenvalue weighted by molar-refractivity contribution is 6.30. The summed E-state index contributed by atoms with van der Waals surface area (Å²) in [6.07, 6.45) is 0. The number of hydrogen-bond donors (Lipinski definition) is 0. The summed E-state index contributed by atoms with van der Waals surface area (Å²) in [7, 11) is 0. The van der Waals surface area contributed by atoms with E-state index in [4.69, 9.17) is 19.4 Å². The molecule has 302 valence electrons. The van der Waals surface area contributed by atoms with E-state index < -0.39 is 0 Å². The summed E-state index contributed by atoms with van der Waals surface area (Å²) in [5.74, 6) is 1.35. The van der Waals surface area contributed by atoms with Gasteiger partial charge in [-0.2, -0.15) is 5.26 Å². The van der Waals surface area contributed by atoms with Crippen LogP contribution in [0.1, 0.15) is 5.56 Å². The van der Waals surface area contributed by atoms with E-state index in [1.807, 2.05) is 84.9 Å². The molecule has 0 atom stereocenters. The zero-order valence-corrected chi connectivity index (χ0v) is 34.7. The van der Waals surface area contributed by atoms with Gasteiger partial charge in [-0.25, -0.2) is 15.0 Å². The highest BCUT2D eigenvalue weighted by Gasteiger charge is 2.29. The zero-order chi connectivity index (χ0) is 43.0. The van der Waals surface area contributed by atoms with Crippen molar-refractivity contribution in [1.29, 1.82) is 5.26 Å². The molecular weight excluding hydrogens is 797 g/mol. The maximum absolute atomic E-state index is 11.4. The first-order chi connectivity index (χ1) is 32.2. The molecule has 0 radical (unpaired) electrons. The standard InChI is InChI=1S/C58H34N6O/c59-35-39-33-48(51-43-29-15-18-32-49(43)65-55(51)50(39)58-61-56(37-21-7-2-8-22-37)60-57(62-58)38-23-9-3-10-24-38)64-47-31-17-14-28-42(47)52-53(64)44(36-19-5-1-6-20-36)34-45-41-27-13-16-30-46(41)63(54(45)52)40-25-11-4-12-26-40/h1-34H. The van der Waals surface area contributed by atoms with Crippen LogP contribution in [0, 0.1) is 11.3 Å². The Morgan fingerprint density at radius 2 is 0.954 bits per heavy atom. The number of fused-ring (bicyclic) bond motifs is 10. The quantitative estimate of drug-likeness (QED) is 0.167. The second-order valence-corrected chi connectivity index (χ2v) is 16.2. The van der Waals surface area contributed by atoms with Gasteiger partial charge >= 0.3 is 0 Å². The lowest BCUT2D eigenvalue weighted by molar-refractivity contribution is 0.669. The van der Waals surface area contributed by atoms with Gasteiger partial charge in [-0.1, -0.05) is 164 Å². The summed E-state index contributed by atoms with van der Waals surface area (Å²) in [6, 6.07) is 73.3. The lowest BCUT2D eigenvalue weighted by Crippen LogP contribution is -2.03. The molecule has 9 aromatic carbocycles. The van der Waals surface area contributed by atoms with E-state index in [-0.39, 0.29) is 0 Å². The van der Waals surface area contributed by atoms with Gasteiger partial charge in [0.05, 0.1) is 44.3 Å². The van der Waals surface area contributed by atoms with Crippen molar-refractivity contribution in [3.05, 3.63) is 212 Å². The van der Waals surface area contributed by atoms with E-state index in [9.17, 15) is 5.26 Å². The molecule has 0 saturated carbocycles. The zero-order valence-electron chi connectivity index (χ0n) is 34.7. The van der Waals surface area contributed by atoms with E-state index in [0.29, 0.717) is 39.8 Å².